The summed E-state index contributed by atoms with van der Waals surface area (Å²) in [4.78, 5) is 15.3. The molecule has 0 saturated heterocycles. The molecule has 1 rings (SSSR count). The van der Waals surface area contributed by atoms with Gasteiger partial charge in [-0.15, -0.1) is 0 Å². The Bertz CT molecular complexity index is 489. The first kappa shape index (κ1) is 20.0. The van der Waals surface area contributed by atoms with Gasteiger partial charge in [0, 0.05) is 26.6 Å². The molecule has 0 aliphatic heterocycles. The normalized spacial score (nSPS) is 12.5. The van der Waals surface area contributed by atoms with Crippen LogP contribution < -0.4 is 10.6 Å². The van der Waals surface area contributed by atoms with Gasteiger partial charge in [0.25, 0.3) is 0 Å². The molecule has 24 heavy (non-hydrogen) atoms. The van der Waals surface area contributed by atoms with Crippen molar-refractivity contribution in [2.24, 2.45) is 4.99 Å². The quantitative estimate of drug-likeness (QED) is 0.299. The van der Waals surface area contributed by atoms with E-state index >= 15 is 0 Å². The highest BCUT2D eigenvalue weighted by Crippen LogP contribution is 2.12. The first-order valence-corrected chi connectivity index (χ1v) is 8.73. The van der Waals surface area contributed by atoms with Crippen molar-refractivity contribution in [2.45, 2.75) is 44.9 Å². The predicted octanol–water partition coefficient (Wildman–Crippen LogP) is 3.08. The molecule has 0 saturated carbocycles. The van der Waals surface area contributed by atoms with E-state index in [2.05, 4.69) is 51.6 Å². The lowest BCUT2D eigenvalue weighted by Gasteiger charge is -2.16. The molecule has 5 nitrogen and oxygen atoms in total. The number of nitrogens with one attached hydrogen (secondary N) is 2. The molecule has 1 atom stereocenters. The number of esters is 1. The average molecular weight is 333 g/mol. The maximum Gasteiger partial charge on any atom is 0.305 e. The molecule has 5 heteroatoms. The van der Waals surface area contributed by atoms with Gasteiger partial charge >= 0.3 is 5.97 Å². The van der Waals surface area contributed by atoms with Crippen LogP contribution in [0.3, 0.4) is 0 Å². The number of methoxy groups -OCH3 is 1. The molecule has 0 fully saturated rings. The van der Waals surface area contributed by atoms with Crippen LogP contribution in [0.2, 0.25) is 0 Å². The van der Waals surface area contributed by atoms with Crippen molar-refractivity contribution in [3.63, 3.8) is 0 Å². The monoisotopic (exact) mass is 333 g/mol. The molecule has 0 bridgehead atoms. The van der Waals surface area contributed by atoms with Crippen LogP contribution in [-0.2, 0) is 9.53 Å². The first-order valence-electron chi connectivity index (χ1n) is 8.73. The highest BCUT2D eigenvalue weighted by molar-refractivity contribution is 5.79. The first-order chi connectivity index (χ1) is 11.7. The van der Waals surface area contributed by atoms with Crippen LogP contribution in [0.4, 0.5) is 0 Å². The molecule has 0 spiro atoms. The fourth-order valence-corrected chi connectivity index (χ4v) is 2.43. The van der Waals surface area contributed by atoms with Crippen LogP contribution in [0.15, 0.2) is 35.3 Å². The predicted molar refractivity (Wildman–Crippen MR) is 99.3 cm³/mol. The zero-order chi connectivity index (χ0) is 17.6. The summed E-state index contributed by atoms with van der Waals surface area (Å²) in [6, 6.07) is 10.5. The number of ether oxygens (including phenoxy) is 1. The summed E-state index contributed by atoms with van der Waals surface area (Å²) in [5, 5.41) is 6.70. The SMILES string of the molecule is CN=C(NCCCCCCC(=O)OC)NCC(C)c1ccccc1. The van der Waals surface area contributed by atoms with E-state index in [-0.39, 0.29) is 5.97 Å². The minimum Gasteiger partial charge on any atom is -0.469 e. The Balaban J connectivity index is 2.12. The minimum atomic E-state index is -0.120. The van der Waals surface area contributed by atoms with Crippen LogP contribution >= 0.6 is 0 Å². The summed E-state index contributed by atoms with van der Waals surface area (Å²) < 4.78 is 4.63. The smallest absolute Gasteiger partial charge is 0.305 e. The number of hydrogen-bond acceptors (Lipinski definition) is 3. The number of nitrogens with zero attached hydrogens (tertiary/aromatic N) is 1. The average Bonchev–Trinajstić information content (AvgIpc) is 2.63. The van der Waals surface area contributed by atoms with E-state index in [1.165, 1.54) is 12.7 Å². The molecule has 0 heterocycles. The summed E-state index contributed by atoms with van der Waals surface area (Å²) in [6.45, 7) is 3.94. The van der Waals surface area contributed by atoms with E-state index in [0.29, 0.717) is 12.3 Å². The van der Waals surface area contributed by atoms with Gasteiger partial charge in [0.2, 0.25) is 0 Å². The van der Waals surface area contributed by atoms with Crippen LogP contribution in [0.1, 0.15) is 50.5 Å². The zero-order valence-corrected chi connectivity index (χ0v) is 15.2. The number of carbonyl (C=O) groups is 1. The number of guanidine groups is 1. The Kier molecular flexibility index (Phi) is 10.3. The third-order valence-electron chi connectivity index (χ3n) is 4.00. The van der Waals surface area contributed by atoms with Crippen LogP contribution in [-0.4, -0.2) is 39.2 Å². The topological polar surface area (TPSA) is 62.7 Å². The third kappa shape index (κ3) is 8.56. The summed E-state index contributed by atoms with van der Waals surface area (Å²) in [6.07, 6.45) is 4.63. The molecule has 0 aliphatic rings. The number of carbonyl (C=O) groups excluding carboxylic acids is 1. The van der Waals surface area contributed by atoms with Crippen LogP contribution in [0, 0.1) is 0 Å². The largest absolute Gasteiger partial charge is 0.469 e. The van der Waals surface area contributed by atoms with Crippen molar-refractivity contribution in [1.29, 1.82) is 0 Å². The zero-order valence-electron chi connectivity index (χ0n) is 15.2. The van der Waals surface area contributed by atoms with E-state index < -0.39 is 0 Å². The summed E-state index contributed by atoms with van der Waals surface area (Å²) in [5.74, 6) is 1.15. The van der Waals surface area contributed by atoms with Crippen LogP contribution in [0.25, 0.3) is 0 Å². The van der Waals surface area contributed by atoms with E-state index in [0.717, 1.165) is 44.7 Å². The van der Waals surface area contributed by atoms with Crippen molar-refractivity contribution in [2.75, 3.05) is 27.2 Å². The molecule has 0 aromatic heterocycles. The van der Waals surface area contributed by atoms with Crippen LogP contribution in [0.5, 0.6) is 0 Å². The lowest BCUT2D eigenvalue weighted by Crippen LogP contribution is -2.39. The number of rotatable bonds is 10. The third-order valence-corrected chi connectivity index (χ3v) is 4.00. The fraction of sp³-hybridized carbons (Fsp3) is 0.579. The lowest BCUT2D eigenvalue weighted by atomic mass is 10.0. The summed E-state index contributed by atoms with van der Waals surface area (Å²) >= 11 is 0. The van der Waals surface area contributed by atoms with Gasteiger partial charge in [0.1, 0.15) is 0 Å². The van der Waals surface area contributed by atoms with Gasteiger partial charge in [0.05, 0.1) is 7.11 Å². The van der Waals surface area contributed by atoms with Crippen molar-refractivity contribution in [3.8, 4) is 0 Å². The molecule has 1 aromatic rings. The Hall–Kier alpha value is -2.04. The molecule has 0 aliphatic carbocycles. The Morgan fingerprint density at radius 1 is 1.12 bits per heavy atom. The van der Waals surface area contributed by atoms with Gasteiger partial charge in [-0.2, -0.15) is 0 Å². The van der Waals surface area contributed by atoms with Gasteiger partial charge in [-0.1, -0.05) is 50.1 Å². The molecular formula is C19H31N3O2. The molecule has 134 valence electrons. The molecule has 0 amide bonds. The second kappa shape index (κ2) is 12.4. The number of hydrogen-bond donors (Lipinski definition) is 2. The Labute approximate surface area is 145 Å². The second-order valence-electron chi connectivity index (χ2n) is 5.93. The highest BCUT2D eigenvalue weighted by atomic mass is 16.5. The van der Waals surface area contributed by atoms with Crippen molar-refractivity contribution >= 4 is 11.9 Å². The van der Waals surface area contributed by atoms with E-state index in [1.807, 2.05) is 6.07 Å². The Morgan fingerprint density at radius 3 is 2.50 bits per heavy atom. The second-order valence-corrected chi connectivity index (χ2v) is 5.93. The molecule has 0 radical (unpaired) electrons. The number of benzene rings is 1. The van der Waals surface area contributed by atoms with E-state index in [4.69, 9.17) is 0 Å². The van der Waals surface area contributed by atoms with Gasteiger partial charge in [0.15, 0.2) is 5.96 Å². The maximum atomic E-state index is 11.0. The highest BCUT2D eigenvalue weighted by Gasteiger charge is 2.06. The van der Waals surface area contributed by atoms with Crippen molar-refractivity contribution in [3.05, 3.63) is 35.9 Å². The Morgan fingerprint density at radius 2 is 1.83 bits per heavy atom. The van der Waals surface area contributed by atoms with E-state index in [9.17, 15) is 4.79 Å². The lowest BCUT2D eigenvalue weighted by molar-refractivity contribution is -0.140. The van der Waals surface area contributed by atoms with Crippen molar-refractivity contribution < 1.29 is 9.53 Å². The summed E-state index contributed by atoms with van der Waals surface area (Å²) in [5.41, 5.74) is 1.33. The molecule has 2 N–H and O–H groups in total. The number of unbranched alkanes of at least 4 members (excludes halogenated alkanes) is 3. The standard InChI is InChI=1S/C19H31N3O2/c1-16(17-11-7-6-8-12-17)15-22-19(20-2)21-14-10-5-4-9-13-18(23)24-3/h6-8,11-12,16H,4-5,9-10,13-15H2,1-3H3,(H2,20,21,22). The van der Waals surface area contributed by atoms with Gasteiger partial charge in [-0.25, -0.2) is 0 Å². The molecule has 1 unspecified atom stereocenters. The number of aliphatic imine (C=N–C) groups is 1. The fourth-order valence-electron chi connectivity index (χ4n) is 2.43. The summed E-state index contributed by atoms with van der Waals surface area (Å²) in [7, 11) is 3.22. The minimum absolute atomic E-state index is 0.120. The van der Waals surface area contributed by atoms with Crippen molar-refractivity contribution in [1.82, 2.24) is 10.6 Å². The van der Waals surface area contributed by atoms with Gasteiger partial charge in [-0.3, -0.25) is 9.79 Å². The van der Waals surface area contributed by atoms with Gasteiger partial charge in [-0.05, 0) is 24.3 Å². The molecule has 1 aromatic carbocycles. The maximum absolute atomic E-state index is 11.0. The van der Waals surface area contributed by atoms with Gasteiger partial charge < -0.3 is 15.4 Å². The molecular weight excluding hydrogens is 302 g/mol. The van der Waals surface area contributed by atoms with E-state index in [1.54, 1.807) is 7.05 Å².